The van der Waals surface area contributed by atoms with Gasteiger partial charge < -0.3 is 10.6 Å². The SMILES string of the molecule is O=C(CSc1nnc2c(Cl)cc(Cl)cn12)Nc1ccc(NC(=O)c2cccs2)cc1. The van der Waals surface area contributed by atoms with Gasteiger partial charge >= 0.3 is 0 Å². The molecule has 0 unspecified atom stereocenters. The van der Waals surface area contributed by atoms with Crippen molar-refractivity contribution in [3.05, 3.63) is 69.0 Å². The minimum atomic E-state index is -0.208. The van der Waals surface area contributed by atoms with E-state index in [1.807, 2.05) is 11.4 Å². The standard InChI is InChI=1S/C19H13Cl2N5O2S2/c20-11-8-14(21)17-24-25-19(26(17)9-11)30-10-16(27)22-12-3-5-13(6-4-12)23-18(28)15-2-1-7-29-15/h1-9H,10H2,(H,22,27)(H,23,28). The summed E-state index contributed by atoms with van der Waals surface area (Å²) in [4.78, 5) is 25.0. The maximum Gasteiger partial charge on any atom is 0.265 e. The van der Waals surface area contributed by atoms with Crippen LogP contribution in [0.25, 0.3) is 5.65 Å². The second-order valence-electron chi connectivity index (χ2n) is 6.03. The van der Waals surface area contributed by atoms with E-state index >= 15 is 0 Å². The van der Waals surface area contributed by atoms with E-state index in [4.69, 9.17) is 23.2 Å². The molecule has 0 saturated carbocycles. The lowest BCUT2D eigenvalue weighted by molar-refractivity contribution is -0.113. The number of carbonyl (C=O) groups excluding carboxylic acids is 2. The van der Waals surface area contributed by atoms with E-state index in [0.717, 1.165) is 0 Å². The van der Waals surface area contributed by atoms with Crippen molar-refractivity contribution in [1.82, 2.24) is 14.6 Å². The molecule has 1 aromatic carbocycles. The van der Waals surface area contributed by atoms with Crippen molar-refractivity contribution in [2.24, 2.45) is 0 Å². The average Bonchev–Trinajstić information content (AvgIpc) is 3.38. The highest BCUT2D eigenvalue weighted by Gasteiger charge is 2.13. The van der Waals surface area contributed by atoms with Crippen LogP contribution >= 0.6 is 46.3 Å². The molecule has 0 bridgehead atoms. The maximum atomic E-state index is 12.3. The van der Waals surface area contributed by atoms with Crippen LogP contribution in [-0.4, -0.2) is 32.2 Å². The van der Waals surface area contributed by atoms with Crippen molar-refractivity contribution in [2.45, 2.75) is 5.16 Å². The summed E-state index contributed by atoms with van der Waals surface area (Å²) in [5, 5.41) is 16.9. The lowest BCUT2D eigenvalue weighted by Gasteiger charge is -2.07. The Balaban J connectivity index is 1.34. The third kappa shape index (κ3) is 4.76. The minimum Gasteiger partial charge on any atom is -0.325 e. The Morgan fingerprint density at radius 3 is 2.50 bits per heavy atom. The van der Waals surface area contributed by atoms with Crippen LogP contribution in [0.2, 0.25) is 10.0 Å². The summed E-state index contributed by atoms with van der Waals surface area (Å²) in [6.45, 7) is 0. The van der Waals surface area contributed by atoms with Crippen LogP contribution in [-0.2, 0) is 4.79 Å². The number of hydrogen-bond donors (Lipinski definition) is 2. The van der Waals surface area contributed by atoms with E-state index in [-0.39, 0.29) is 17.6 Å². The molecule has 0 aliphatic rings. The molecule has 11 heteroatoms. The molecule has 0 aliphatic carbocycles. The number of thiophene rings is 1. The van der Waals surface area contributed by atoms with Gasteiger partial charge in [-0.25, -0.2) is 0 Å². The second-order valence-corrected chi connectivity index (χ2v) is 8.76. The number of amides is 2. The van der Waals surface area contributed by atoms with E-state index in [2.05, 4.69) is 20.8 Å². The van der Waals surface area contributed by atoms with Crippen molar-refractivity contribution in [1.29, 1.82) is 0 Å². The molecule has 0 aliphatic heterocycles. The summed E-state index contributed by atoms with van der Waals surface area (Å²) in [7, 11) is 0. The molecule has 4 rings (SSSR count). The van der Waals surface area contributed by atoms with E-state index in [9.17, 15) is 9.59 Å². The Morgan fingerprint density at radius 2 is 1.80 bits per heavy atom. The number of aromatic nitrogens is 3. The van der Waals surface area contributed by atoms with Gasteiger partial charge in [0.15, 0.2) is 10.8 Å². The molecule has 152 valence electrons. The number of anilines is 2. The Hall–Kier alpha value is -2.59. The van der Waals surface area contributed by atoms with Crippen LogP contribution in [0.5, 0.6) is 0 Å². The highest BCUT2D eigenvalue weighted by Crippen LogP contribution is 2.25. The normalized spacial score (nSPS) is 10.9. The lowest BCUT2D eigenvalue weighted by Crippen LogP contribution is -2.14. The Morgan fingerprint density at radius 1 is 1.07 bits per heavy atom. The molecule has 2 amide bonds. The van der Waals surface area contributed by atoms with Gasteiger partial charge in [-0.05, 0) is 41.8 Å². The van der Waals surface area contributed by atoms with Gasteiger partial charge in [0.2, 0.25) is 5.91 Å². The third-order valence-electron chi connectivity index (χ3n) is 3.90. The van der Waals surface area contributed by atoms with Gasteiger partial charge in [-0.1, -0.05) is 41.0 Å². The summed E-state index contributed by atoms with van der Waals surface area (Å²) in [5.74, 6) is -0.249. The first-order chi connectivity index (χ1) is 14.5. The van der Waals surface area contributed by atoms with Gasteiger partial charge in [0.05, 0.1) is 20.7 Å². The van der Waals surface area contributed by atoms with Crippen molar-refractivity contribution in [3.63, 3.8) is 0 Å². The van der Waals surface area contributed by atoms with Crippen LogP contribution < -0.4 is 10.6 Å². The summed E-state index contributed by atoms with van der Waals surface area (Å²) in [6.07, 6.45) is 1.65. The molecule has 0 saturated heterocycles. The van der Waals surface area contributed by atoms with Gasteiger partial charge in [0.25, 0.3) is 5.91 Å². The maximum absolute atomic E-state index is 12.3. The molecular weight excluding hydrogens is 465 g/mol. The summed E-state index contributed by atoms with van der Waals surface area (Å²) in [6, 6.07) is 12.1. The average molecular weight is 478 g/mol. The number of benzene rings is 1. The molecule has 0 atom stereocenters. The van der Waals surface area contributed by atoms with E-state index < -0.39 is 0 Å². The first-order valence-corrected chi connectivity index (χ1v) is 11.2. The molecule has 30 heavy (non-hydrogen) atoms. The summed E-state index contributed by atoms with van der Waals surface area (Å²) in [5.41, 5.74) is 1.74. The Labute approximate surface area is 189 Å². The number of carbonyl (C=O) groups is 2. The second kappa shape index (κ2) is 9.05. The molecule has 2 N–H and O–H groups in total. The summed E-state index contributed by atoms with van der Waals surface area (Å²) >= 11 is 14.7. The highest BCUT2D eigenvalue weighted by atomic mass is 35.5. The topological polar surface area (TPSA) is 88.4 Å². The first-order valence-electron chi connectivity index (χ1n) is 8.57. The van der Waals surface area contributed by atoms with Gasteiger partial charge in [-0.2, -0.15) is 0 Å². The van der Waals surface area contributed by atoms with Crippen molar-refractivity contribution in [2.75, 3.05) is 16.4 Å². The van der Waals surface area contributed by atoms with Crippen molar-refractivity contribution >= 4 is 75.1 Å². The third-order valence-corrected chi connectivity index (χ3v) is 6.20. The molecule has 0 spiro atoms. The van der Waals surface area contributed by atoms with E-state index in [1.165, 1.54) is 23.1 Å². The Bertz CT molecular complexity index is 1210. The zero-order valence-electron chi connectivity index (χ0n) is 15.1. The molecule has 4 aromatic rings. The van der Waals surface area contributed by atoms with Gasteiger partial charge in [-0.15, -0.1) is 21.5 Å². The van der Waals surface area contributed by atoms with Crippen LogP contribution in [0.4, 0.5) is 11.4 Å². The predicted octanol–water partition coefficient (Wildman–Crippen LogP) is 5.08. The minimum absolute atomic E-state index is 0.127. The van der Waals surface area contributed by atoms with Crippen LogP contribution in [0.3, 0.4) is 0 Å². The monoisotopic (exact) mass is 477 g/mol. The van der Waals surface area contributed by atoms with Gasteiger partial charge in [-0.3, -0.25) is 14.0 Å². The highest BCUT2D eigenvalue weighted by molar-refractivity contribution is 7.99. The number of rotatable bonds is 6. The number of halogens is 2. The van der Waals surface area contributed by atoms with Crippen molar-refractivity contribution < 1.29 is 9.59 Å². The quantitative estimate of drug-likeness (QED) is 0.378. The zero-order valence-corrected chi connectivity index (χ0v) is 18.3. The predicted molar refractivity (Wildman–Crippen MR) is 121 cm³/mol. The van der Waals surface area contributed by atoms with Crippen LogP contribution in [0.1, 0.15) is 9.67 Å². The van der Waals surface area contributed by atoms with Crippen LogP contribution in [0, 0.1) is 0 Å². The molecule has 3 heterocycles. The molecule has 7 nitrogen and oxygen atoms in total. The smallest absolute Gasteiger partial charge is 0.265 e. The number of pyridine rings is 1. The zero-order chi connectivity index (χ0) is 21.1. The molecule has 0 radical (unpaired) electrons. The fourth-order valence-corrected chi connectivity index (χ4v) is 4.40. The fourth-order valence-electron chi connectivity index (χ4n) is 2.57. The number of thioether (sulfide) groups is 1. The number of fused-ring (bicyclic) bond motifs is 1. The summed E-state index contributed by atoms with van der Waals surface area (Å²) < 4.78 is 1.65. The number of hydrogen-bond acceptors (Lipinski definition) is 6. The number of nitrogens with one attached hydrogen (secondary N) is 2. The van der Waals surface area contributed by atoms with E-state index in [1.54, 1.807) is 47.0 Å². The molecular formula is C19H13Cl2N5O2S2. The van der Waals surface area contributed by atoms with Crippen LogP contribution in [0.15, 0.2) is 59.2 Å². The Kier molecular flexibility index (Phi) is 6.24. The molecule has 3 aromatic heterocycles. The van der Waals surface area contributed by atoms with Gasteiger partial charge in [0.1, 0.15) is 0 Å². The van der Waals surface area contributed by atoms with Crippen molar-refractivity contribution in [3.8, 4) is 0 Å². The lowest BCUT2D eigenvalue weighted by atomic mass is 10.2. The first kappa shape index (κ1) is 20.7. The number of nitrogens with zero attached hydrogens (tertiary/aromatic N) is 3. The molecule has 0 fully saturated rings. The largest absolute Gasteiger partial charge is 0.325 e. The van der Waals surface area contributed by atoms with E-state index in [0.29, 0.717) is 37.1 Å². The van der Waals surface area contributed by atoms with Gasteiger partial charge in [0, 0.05) is 17.6 Å². The fraction of sp³-hybridized carbons (Fsp3) is 0.0526.